The first-order valence-corrected chi connectivity index (χ1v) is 40.0. The number of aliphatic hydroxyl groups is 2. The van der Waals surface area contributed by atoms with E-state index in [1.165, 1.54) is 105 Å². The number of primary amides is 1. The zero-order valence-electron chi connectivity index (χ0n) is 64.7. The number of phenols is 2. The molecule has 0 radical (unpaired) electrons. The molecular weight excluding hydrogens is 1510 g/mol. The molecule has 2 aromatic heterocycles. The lowest BCUT2D eigenvalue weighted by molar-refractivity contribution is -0.139. The molecule has 0 unspecified atom stereocenters. The zero-order chi connectivity index (χ0) is 83.3. The predicted octanol–water partition coefficient (Wildman–Crippen LogP) is 2.39. The Morgan fingerprint density at radius 1 is 0.535 bits per heavy atom. The topological polar surface area (TPSA) is 511 Å². The van der Waals surface area contributed by atoms with E-state index in [9.17, 15) is 78.3 Å². The van der Waals surface area contributed by atoms with E-state index in [1.54, 1.807) is 65.0 Å². The Kier molecular flexibility index (Phi) is 34.7. The fourth-order valence-electron chi connectivity index (χ4n) is 12.5. The number of aromatic hydroxyl groups is 2. The highest BCUT2D eigenvalue weighted by Gasteiger charge is 2.40. The van der Waals surface area contributed by atoms with Crippen LogP contribution in [0.4, 0.5) is 0 Å². The van der Waals surface area contributed by atoms with Gasteiger partial charge in [-0.05, 0) is 96.5 Å². The summed E-state index contributed by atoms with van der Waals surface area (Å²) >= 11 is 2.68. The Bertz CT molecular complexity index is 4320. The number of carboxylic acids is 1. The van der Waals surface area contributed by atoms with E-state index in [2.05, 4.69) is 68.1 Å². The molecule has 1 aliphatic rings. The number of aliphatic carboxylic acids is 1. The van der Waals surface area contributed by atoms with Crippen molar-refractivity contribution in [2.75, 3.05) is 11.5 Å². The summed E-state index contributed by atoms with van der Waals surface area (Å²) in [5, 5.41) is 80.7. The molecule has 34 heteroatoms. The number of benzene rings is 4. The van der Waals surface area contributed by atoms with E-state index >= 15 is 9.59 Å². The van der Waals surface area contributed by atoms with Crippen LogP contribution < -0.4 is 58.9 Å². The number of thioether (sulfide) groups is 2. The number of rotatable bonds is 18. The second kappa shape index (κ2) is 43.9. The van der Waals surface area contributed by atoms with Crippen LogP contribution in [0.2, 0.25) is 0 Å². The van der Waals surface area contributed by atoms with Crippen LogP contribution in [-0.4, -0.2) is 201 Å². The summed E-state index contributed by atoms with van der Waals surface area (Å²) in [6, 6.07) is 12.3. The Labute approximate surface area is 668 Å². The number of hydrogen-bond donors (Lipinski definition) is 17. The van der Waals surface area contributed by atoms with Gasteiger partial charge in [-0.3, -0.25) is 67.3 Å². The molecule has 614 valence electrons. The first-order chi connectivity index (χ1) is 54.2. The van der Waals surface area contributed by atoms with Crippen LogP contribution in [0.1, 0.15) is 133 Å². The van der Waals surface area contributed by atoms with Gasteiger partial charge < -0.3 is 89.4 Å². The first kappa shape index (κ1) is 90.2. The highest BCUT2D eigenvalue weighted by Crippen LogP contribution is 2.25. The molecule has 114 heavy (non-hydrogen) atoms. The first-order valence-electron chi connectivity index (χ1n) is 37.7. The third kappa shape index (κ3) is 28.6. The number of amides is 11. The molecule has 32 nitrogen and oxygen atoms in total. The van der Waals surface area contributed by atoms with Gasteiger partial charge in [0, 0.05) is 97.1 Å². The number of nitrogens with two attached hydrogens (primary N) is 1. The monoisotopic (exact) mass is 1610 g/mol. The van der Waals surface area contributed by atoms with E-state index in [4.69, 9.17) is 5.73 Å². The molecule has 18 N–H and O–H groups in total. The van der Waals surface area contributed by atoms with E-state index in [0.29, 0.717) is 39.5 Å². The van der Waals surface area contributed by atoms with Crippen LogP contribution in [0.5, 0.6) is 11.5 Å². The summed E-state index contributed by atoms with van der Waals surface area (Å²) in [6.07, 6.45) is -2.02. The summed E-state index contributed by atoms with van der Waals surface area (Å²) in [5.41, 5.74) is 7.96. The average Bonchev–Trinajstić information content (AvgIpc) is 0.870. The standard InChI is InChI=1S/C80H104N14O18S2/c1-8-13-57-72(105)87-59(27-28-67(101)102)73(106)90-61(32-46-19-23-54(97)24-20-46)75(108)86-58(14-9-2)74(107)94-68(45(4)96)78(111)92-64(70(81)103)42-114-41-49-16-12-15-48(31-49)40-113-30-29-66(100)93-69(80(5,6)7)79(112)91-62(33-47-21-25-55(98)26-22-47)76(109)88-60(36-53-39-82-43-84-53)65(99)37-56(44(3)95)71(104)89-63(77(110)85-57)35-52-34-50-17-10-11-18-51(50)38-83-52/h10-12,15-26,31,34,38-39,43-45,56-64,68-69,95-98H,8-9,13-14,27-30,32-33,35-37,40-42H2,1-7H3,(H2,81,103)(H,82,84)(H,85,110)(H,86,108)(H,87,105)(H,88,109)(H,89,104)(H,90,106)(H,91,112)(H,92,111)(H,93,100)(H,94,107)(H,101,102)/t44-,45-,56+,57+,58+,59+,60+,61+,62+,63+,64+,68+,69-/m1/s1. The number of hydrogen-bond acceptors (Lipinski definition) is 21. The molecule has 13 atom stereocenters. The molecule has 3 heterocycles. The van der Waals surface area contributed by atoms with Gasteiger partial charge in [-0.1, -0.05) is 120 Å². The van der Waals surface area contributed by atoms with Gasteiger partial charge in [-0.2, -0.15) is 23.5 Å². The Morgan fingerprint density at radius 3 is 1.55 bits per heavy atom. The normalized spacial score (nSPS) is 23.4. The van der Waals surface area contributed by atoms with Crippen molar-refractivity contribution in [3.8, 4) is 11.5 Å². The van der Waals surface area contributed by atoms with Crippen LogP contribution in [0.15, 0.2) is 122 Å². The minimum absolute atomic E-state index is 0.0345. The zero-order valence-corrected chi connectivity index (χ0v) is 66.3. The Morgan fingerprint density at radius 2 is 1.04 bits per heavy atom. The van der Waals surface area contributed by atoms with Gasteiger partial charge >= 0.3 is 5.97 Å². The van der Waals surface area contributed by atoms with Crippen LogP contribution in [0.25, 0.3) is 10.8 Å². The van der Waals surface area contributed by atoms with Crippen molar-refractivity contribution >= 4 is 111 Å². The minimum atomic E-state index is -1.76. The van der Waals surface area contributed by atoms with Gasteiger partial charge in [0.25, 0.3) is 0 Å². The van der Waals surface area contributed by atoms with Crippen molar-refractivity contribution in [1.29, 1.82) is 0 Å². The van der Waals surface area contributed by atoms with Gasteiger partial charge in [-0.25, -0.2) is 4.98 Å². The number of aromatic amines is 1. The number of carboxylic acid groups (broad SMARTS) is 1. The molecule has 4 aromatic carbocycles. The molecule has 7 rings (SSSR count). The van der Waals surface area contributed by atoms with E-state index in [-0.39, 0.29) is 80.7 Å². The highest BCUT2D eigenvalue weighted by molar-refractivity contribution is 7.98. The third-order valence-corrected chi connectivity index (χ3v) is 21.1. The number of Topliss-reactive ketones (excluding diaryl/α,β-unsaturated/α-hetero) is 1. The maximum Gasteiger partial charge on any atom is 0.303 e. The lowest BCUT2D eigenvalue weighted by Gasteiger charge is -2.32. The van der Waals surface area contributed by atoms with E-state index in [0.717, 1.165) is 16.5 Å². The molecule has 2 bridgehead atoms. The maximum absolute atomic E-state index is 15.1. The fraction of sp³-hybridized carbons (Fsp3) is 0.463. The molecule has 6 aromatic rings. The molecule has 0 spiro atoms. The lowest BCUT2D eigenvalue weighted by atomic mass is 9.85. The largest absolute Gasteiger partial charge is 0.508 e. The maximum atomic E-state index is 15.1. The van der Waals surface area contributed by atoms with E-state index in [1.807, 2.05) is 24.3 Å². The SMILES string of the molecule is CCC[C@@H]1NC(=O)[C@H](Cc2cc3ccccc3cn2)NC(=O)[C@H]([C@@H](C)O)CC(=O)[C@H](Cc2cnc[nH]2)NC(=O)[C@H](Cc2ccc(O)cc2)NC(=O)[C@H](C(C)(C)C)NC(=O)CCSCc2cccc(c2)CSC[C@@H](C(N)=O)NC(=O)[C@H]([C@@H](C)O)NC(=O)[C@H](CCC)NC(=O)[C@H](Cc2ccc(O)cc2)NC(=O)[C@H](CCC(=O)O)NC1=O. The van der Waals surface area contributed by atoms with Crippen LogP contribution in [0, 0.1) is 11.3 Å². The molecule has 0 saturated carbocycles. The number of ketones is 1. The molecule has 1 aliphatic heterocycles. The molecule has 0 aliphatic carbocycles. The highest BCUT2D eigenvalue weighted by atomic mass is 32.2. The van der Waals surface area contributed by atoms with Crippen molar-refractivity contribution < 1.29 is 87.9 Å². The quantitative estimate of drug-likeness (QED) is 0.0587. The van der Waals surface area contributed by atoms with Gasteiger partial charge in [0.15, 0.2) is 5.78 Å². The van der Waals surface area contributed by atoms with Crippen molar-refractivity contribution in [2.24, 2.45) is 17.1 Å². The number of aliphatic hydroxyl groups excluding tert-OH is 2. The van der Waals surface area contributed by atoms with E-state index < -0.39 is 180 Å². The van der Waals surface area contributed by atoms with Crippen LogP contribution in [-0.2, 0) is 99.5 Å². The van der Waals surface area contributed by atoms with Gasteiger partial charge in [-0.15, -0.1) is 0 Å². The number of carbonyl (C=O) groups excluding carboxylic acids is 12. The predicted molar refractivity (Wildman–Crippen MR) is 426 cm³/mol. The number of fused-ring (bicyclic) bond motifs is 3. The van der Waals surface area contributed by atoms with Crippen molar-refractivity contribution in [1.82, 2.24) is 68.1 Å². The number of phenolic OH excluding ortho intramolecular Hbond substituents is 2. The molecule has 0 saturated heterocycles. The third-order valence-electron chi connectivity index (χ3n) is 18.9. The summed E-state index contributed by atoms with van der Waals surface area (Å²) in [7, 11) is 0. The number of nitrogens with one attached hydrogen (secondary N) is 11. The van der Waals surface area contributed by atoms with Crippen molar-refractivity contribution in [3.63, 3.8) is 0 Å². The second-order valence-electron chi connectivity index (χ2n) is 29.4. The number of pyridine rings is 1. The lowest BCUT2D eigenvalue weighted by Crippen LogP contribution is -2.61. The smallest absolute Gasteiger partial charge is 0.303 e. The number of nitrogens with zero attached hydrogens (tertiary/aromatic N) is 2. The number of imidazole rings is 1. The van der Waals surface area contributed by atoms with Crippen LogP contribution in [0.3, 0.4) is 0 Å². The molecule has 0 fully saturated rings. The number of H-pyrrole nitrogens is 1. The van der Waals surface area contributed by atoms with Crippen molar-refractivity contribution in [3.05, 3.63) is 155 Å². The van der Waals surface area contributed by atoms with Crippen molar-refractivity contribution in [2.45, 2.75) is 210 Å². The minimum Gasteiger partial charge on any atom is -0.508 e. The summed E-state index contributed by atoms with van der Waals surface area (Å²) in [4.78, 5) is 198. The summed E-state index contributed by atoms with van der Waals surface area (Å²) in [5.74, 6) is -13.3. The Hall–Kier alpha value is -11.0. The number of aromatic nitrogens is 3. The summed E-state index contributed by atoms with van der Waals surface area (Å²) in [6.45, 7) is 11.0. The van der Waals surface area contributed by atoms with Gasteiger partial charge in [0.2, 0.25) is 65.0 Å². The molecular formula is C80H104N14O18S2. The fourth-order valence-corrected chi connectivity index (χ4v) is 14.5. The van der Waals surface area contributed by atoms with Gasteiger partial charge in [0.1, 0.15) is 65.9 Å². The summed E-state index contributed by atoms with van der Waals surface area (Å²) < 4.78 is 0. The Balaban J connectivity index is 1.25. The molecule has 11 amide bonds. The number of carbonyl (C=O) groups is 13. The van der Waals surface area contributed by atoms with Crippen LogP contribution >= 0.6 is 23.5 Å². The second-order valence-corrected chi connectivity index (χ2v) is 31.5. The average molecular weight is 1610 g/mol. The van der Waals surface area contributed by atoms with Gasteiger partial charge in [0.05, 0.1) is 30.5 Å².